The Morgan fingerprint density at radius 1 is 1.33 bits per heavy atom. The van der Waals surface area contributed by atoms with E-state index in [4.69, 9.17) is 16.0 Å². The molecule has 0 N–H and O–H groups in total. The highest BCUT2D eigenvalue weighted by Crippen LogP contribution is 2.22. The van der Waals surface area contributed by atoms with Crippen LogP contribution in [0.4, 0.5) is 0 Å². The molecule has 1 aromatic carbocycles. The van der Waals surface area contributed by atoms with Gasteiger partial charge < -0.3 is 4.42 Å². The summed E-state index contributed by atoms with van der Waals surface area (Å²) >= 11 is 5.76. The molecule has 0 aliphatic carbocycles. The van der Waals surface area contributed by atoms with Crippen LogP contribution in [0.5, 0.6) is 0 Å². The van der Waals surface area contributed by atoms with Crippen molar-refractivity contribution in [3.05, 3.63) is 40.7 Å². The normalized spacial score (nSPS) is 10.3. The molecule has 1 aromatic heterocycles. The lowest BCUT2D eigenvalue weighted by Gasteiger charge is -1.94. The zero-order valence-corrected chi connectivity index (χ0v) is 8.78. The standard InChI is InChI=1S/C11H8ClNO2/c1-7-10(6-14)15-11(13-7)8-2-4-9(12)5-3-8/h2-6H,1H3. The van der Waals surface area contributed by atoms with Gasteiger partial charge in [-0.2, -0.15) is 0 Å². The summed E-state index contributed by atoms with van der Waals surface area (Å²) in [5.41, 5.74) is 1.39. The van der Waals surface area contributed by atoms with E-state index in [1.54, 1.807) is 31.2 Å². The van der Waals surface area contributed by atoms with Crippen molar-refractivity contribution in [2.24, 2.45) is 0 Å². The van der Waals surface area contributed by atoms with E-state index in [0.29, 0.717) is 22.9 Å². The minimum atomic E-state index is 0.264. The topological polar surface area (TPSA) is 43.1 Å². The fourth-order valence-electron chi connectivity index (χ4n) is 1.23. The second-order valence-corrected chi connectivity index (χ2v) is 3.53. The molecule has 0 saturated carbocycles. The third-order valence-electron chi connectivity index (χ3n) is 2.03. The molecular weight excluding hydrogens is 214 g/mol. The molecule has 0 atom stereocenters. The Morgan fingerprint density at radius 3 is 2.53 bits per heavy atom. The summed E-state index contributed by atoms with van der Waals surface area (Å²) in [6.07, 6.45) is 0.655. The van der Waals surface area contributed by atoms with Crippen LogP contribution >= 0.6 is 11.6 Å². The van der Waals surface area contributed by atoms with Crippen molar-refractivity contribution >= 4 is 17.9 Å². The molecule has 15 heavy (non-hydrogen) atoms. The lowest BCUT2D eigenvalue weighted by atomic mass is 10.2. The van der Waals surface area contributed by atoms with Gasteiger partial charge in [0.25, 0.3) is 0 Å². The van der Waals surface area contributed by atoms with Gasteiger partial charge in [0.05, 0.1) is 5.69 Å². The van der Waals surface area contributed by atoms with Gasteiger partial charge in [0.15, 0.2) is 12.0 Å². The number of hydrogen-bond acceptors (Lipinski definition) is 3. The summed E-state index contributed by atoms with van der Waals surface area (Å²) in [4.78, 5) is 14.7. The first-order valence-corrected chi connectivity index (χ1v) is 4.77. The molecule has 0 bridgehead atoms. The summed E-state index contributed by atoms with van der Waals surface area (Å²) in [6.45, 7) is 1.73. The van der Waals surface area contributed by atoms with Gasteiger partial charge in [-0.05, 0) is 31.2 Å². The highest BCUT2D eigenvalue weighted by molar-refractivity contribution is 6.30. The molecule has 0 aliphatic heterocycles. The number of halogens is 1. The van der Waals surface area contributed by atoms with Crippen LogP contribution in [0.25, 0.3) is 11.5 Å². The minimum absolute atomic E-state index is 0.264. The number of aryl methyl sites for hydroxylation is 1. The Balaban J connectivity index is 2.45. The first-order chi connectivity index (χ1) is 7.20. The first-order valence-electron chi connectivity index (χ1n) is 4.39. The molecule has 2 aromatic rings. The number of aldehydes is 1. The quantitative estimate of drug-likeness (QED) is 0.732. The van der Waals surface area contributed by atoms with E-state index < -0.39 is 0 Å². The van der Waals surface area contributed by atoms with Crippen molar-refractivity contribution in [1.29, 1.82) is 0 Å². The third-order valence-corrected chi connectivity index (χ3v) is 2.28. The number of nitrogens with zero attached hydrogens (tertiary/aromatic N) is 1. The first kappa shape index (κ1) is 9.93. The number of oxazole rings is 1. The Labute approximate surface area is 91.7 Å². The SMILES string of the molecule is Cc1nc(-c2ccc(Cl)cc2)oc1C=O. The number of rotatable bonds is 2. The van der Waals surface area contributed by atoms with Gasteiger partial charge in [0.1, 0.15) is 0 Å². The smallest absolute Gasteiger partial charge is 0.227 e. The predicted octanol–water partition coefficient (Wildman–Crippen LogP) is 3.12. The van der Waals surface area contributed by atoms with Gasteiger partial charge in [-0.15, -0.1) is 0 Å². The van der Waals surface area contributed by atoms with Crippen molar-refractivity contribution in [1.82, 2.24) is 4.98 Å². The number of carbonyl (C=O) groups is 1. The number of benzene rings is 1. The van der Waals surface area contributed by atoms with Crippen LogP contribution in [0.3, 0.4) is 0 Å². The van der Waals surface area contributed by atoms with E-state index in [-0.39, 0.29) is 5.76 Å². The lowest BCUT2D eigenvalue weighted by molar-refractivity contribution is 0.110. The van der Waals surface area contributed by atoms with Crippen LogP contribution in [0.1, 0.15) is 16.2 Å². The molecule has 0 fully saturated rings. The van der Waals surface area contributed by atoms with Crippen LogP contribution in [-0.4, -0.2) is 11.3 Å². The highest BCUT2D eigenvalue weighted by Gasteiger charge is 2.09. The van der Waals surface area contributed by atoms with E-state index in [2.05, 4.69) is 4.98 Å². The maximum atomic E-state index is 10.6. The number of aromatic nitrogens is 1. The molecular formula is C11H8ClNO2. The monoisotopic (exact) mass is 221 g/mol. The summed E-state index contributed by atoms with van der Waals surface area (Å²) in [6, 6.07) is 7.08. The largest absolute Gasteiger partial charge is 0.433 e. The Kier molecular flexibility index (Phi) is 2.56. The number of hydrogen-bond donors (Lipinski definition) is 0. The maximum absolute atomic E-state index is 10.6. The second-order valence-electron chi connectivity index (χ2n) is 3.09. The van der Waals surface area contributed by atoms with E-state index >= 15 is 0 Å². The summed E-state index contributed by atoms with van der Waals surface area (Å²) in [7, 11) is 0. The Morgan fingerprint density at radius 2 is 2.00 bits per heavy atom. The van der Waals surface area contributed by atoms with Gasteiger partial charge >= 0.3 is 0 Å². The molecule has 4 heteroatoms. The van der Waals surface area contributed by atoms with Crippen molar-refractivity contribution in [3.8, 4) is 11.5 Å². The minimum Gasteiger partial charge on any atom is -0.433 e. The third kappa shape index (κ3) is 1.92. The molecule has 0 amide bonds. The summed E-state index contributed by atoms with van der Waals surface area (Å²) in [5.74, 6) is 0.700. The van der Waals surface area contributed by atoms with Gasteiger partial charge in [-0.25, -0.2) is 4.98 Å². The molecule has 3 nitrogen and oxygen atoms in total. The highest BCUT2D eigenvalue weighted by atomic mass is 35.5. The van der Waals surface area contributed by atoms with E-state index in [0.717, 1.165) is 5.56 Å². The molecule has 0 spiro atoms. The maximum Gasteiger partial charge on any atom is 0.227 e. The molecule has 0 radical (unpaired) electrons. The summed E-state index contributed by atoms with van der Waals surface area (Å²) in [5, 5.41) is 0.651. The lowest BCUT2D eigenvalue weighted by Crippen LogP contribution is -1.78. The average molecular weight is 222 g/mol. The van der Waals surface area contributed by atoms with E-state index in [9.17, 15) is 4.79 Å². The zero-order valence-electron chi connectivity index (χ0n) is 8.03. The van der Waals surface area contributed by atoms with Crippen molar-refractivity contribution in [2.45, 2.75) is 6.92 Å². The van der Waals surface area contributed by atoms with Gasteiger partial charge in [0, 0.05) is 10.6 Å². The van der Waals surface area contributed by atoms with Gasteiger partial charge in [0.2, 0.25) is 5.89 Å². The van der Waals surface area contributed by atoms with E-state index in [1.807, 2.05) is 0 Å². The Bertz CT molecular complexity index is 488. The summed E-state index contributed by atoms with van der Waals surface area (Å²) < 4.78 is 5.27. The molecule has 0 unspecified atom stereocenters. The van der Waals surface area contributed by atoms with Crippen LogP contribution < -0.4 is 0 Å². The second kappa shape index (κ2) is 3.87. The Hall–Kier alpha value is -1.61. The molecule has 0 aliphatic rings. The van der Waals surface area contributed by atoms with Crippen LogP contribution in [0, 0.1) is 6.92 Å². The van der Waals surface area contributed by atoms with Crippen molar-refractivity contribution in [3.63, 3.8) is 0 Å². The van der Waals surface area contributed by atoms with Crippen LogP contribution in [0.2, 0.25) is 5.02 Å². The van der Waals surface area contributed by atoms with Crippen molar-refractivity contribution in [2.75, 3.05) is 0 Å². The van der Waals surface area contributed by atoms with Crippen molar-refractivity contribution < 1.29 is 9.21 Å². The zero-order chi connectivity index (χ0) is 10.8. The average Bonchev–Trinajstić information content (AvgIpc) is 2.61. The van der Waals surface area contributed by atoms with Gasteiger partial charge in [-0.1, -0.05) is 11.6 Å². The fourth-order valence-corrected chi connectivity index (χ4v) is 1.36. The van der Waals surface area contributed by atoms with Crippen LogP contribution in [-0.2, 0) is 0 Å². The molecule has 0 saturated heterocycles. The molecule has 1 heterocycles. The fraction of sp³-hybridized carbons (Fsp3) is 0.0909. The van der Waals surface area contributed by atoms with Gasteiger partial charge in [-0.3, -0.25) is 4.79 Å². The molecule has 76 valence electrons. The number of carbonyl (C=O) groups excluding carboxylic acids is 1. The van der Waals surface area contributed by atoms with E-state index in [1.165, 1.54) is 0 Å². The van der Waals surface area contributed by atoms with Crippen LogP contribution in [0.15, 0.2) is 28.7 Å². The predicted molar refractivity (Wildman–Crippen MR) is 57.1 cm³/mol. The molecule has 2 rings (SSSR count).